The number of hydrogen-bond donors (Lipinski definition) is 1. The average molecular weight is 389 g/mol. The Balaban J connectivity index is 2.20. The number of carboxylic acids is 1. The van der Waals surface area contributed by atoms with Crippen molar-refractivity contribution >= 4 is 5.97 Å². The summed E-state index contributed by atoms with van der Waals surface area (Å²) in [6.45, 7) is 0. The van der Waals surface area contributed by atoms with Gasteiger partial charge < -0.3 is 19.7 Å². The van der Waals surface area contributed by atoms with Gasteiger partial charge in [-0.25, -0.2) is 4.39 Å². The van der Waals surface area contributed by atoms with Crippen LogP contribution in [0.15, 0.2) is 48.5 Å². The highest BCUT2D eigenvalue weighted by molar-refractivity contribution is 5.69. The van der Waals surface area contributed by atoms with E-state index in [1.807, 2.05) is 0 Å². The molecule has 2 aromatic carbocycles. The molecular formula is C18H14F5O4-. The normalized spacial score (nSPS) is 14.0. The summed E-state index contributed by atoms with van der Waals surface area (Å²) < 4.78 is 67.3. The molecule has 146 valence electrons. The van der Waals surface area contributed by atoms with Gasteiger partial charge in [-0.2, -0.15) is 17.6 Å². The molecule has 0 heterocycles. The van der Waals surface area contributed by atoms with Crippen molar-refractivity contribution in [3.63, 3.8) is 0 Å². The number of aliphatic hydroxyl groups excluding tert-OH is 1. The summed E-state index contributed by atoms with van der Waals surface area (Å²) in [5.41, 5.74) is 0.246. The van der Waals surface area contributed by atoms with Gasteiger partial charge in [0.05, 0.1) is 6.10 Å². The lowest BCUT2D eigenvalue weighted by atomic mass is 9.90. The number of carbonyl (C=O) groups is 1. The highest BCUT2D eigenvalue weighted by Crippen LogP contribution is 2.30. The van der Waals surface area contributed by atoms with Gasteiger partial charge in [-0.05, 0) is 41.8 Å². The molecule has 0 aromatic heterocycles. The summed E-state index contributed by atoms with van der Waals surface area (Å²) in [4.78, 5) is 11.4. The first-order chi connectivity index (χ1) is 12.6. The van der Waals surface area contributed by atoms with Gasteiger partial charge in [0, 0.05) is 11.9 Å². The van der Waals surface area contributed by atoms with Gasteiger partial charge in [-0.1, -0.05) is 24.3 Å². The van der Waals surface area contributed by atoms with E-state index in [0.717, 1.165) is 24.3 Å². The van der Waals surface area contributed by atoms with E-state index < -0.39 is 42.1 Å². The SMILES string of the molecule is O=C([O-])C(Cc1cccc(OC(F)(F)C(F)F)c1)C(O)c1ccc(F)cc1. The van der Waals surface area contributed by atoms with E-state index in [9.17, 15) is 37.0 Å². The number of alkyl halides is 4. The smallest absolute Gasteiger partial charge is 0.461 e. The van der Waals surface area contributed by atoms with E-state index in [1.165, 1.54) is 24.3 Å². The third-order valence-electron chi connectivity index (χ3n) is 3.76. The maximum atomic E-state index is 13.0. The van der Waals surface area contributed by atoms with Gasteiger partial charge in [0.2, 0.25) is 0 Å². The van der Waals surface area contributed by atoms with Crippen LogP contribution in [0.5, 0.6) is 5.75 Å². The first kappa shape index (κ1) is 20.6. The molecule has 0 bridgehead atoms. The molecule has 0 aliphatic carbocycles. The van der Waals surface area contributed by atoms with Gasteiger partial charge in [-0.15, -0.1) is 0 Å². The molecule has 9 heteroatoms. The van der Waals surface area contributed by atoms with Crippen molar-refractivity contribution in [3.8, 4) is 5.75 Å². The van der Waals surface area contributed by atoms with Crippen LogP contribution in [0.2, 0.25) is 0 Å². The Bertz CT molecular complexity index is 780. The molecule has 0 spiro atoms. The lowest BCUT2D eigenvalue weighted by Crippen LogP contribution is -2.36. The molecule has 2 unspecified atom stereocenters. The minimum atomic E-state index is -4.71. The summed E-state index contributed by atoms with van der Waals surface area (Å²) in [6.07, 6.45) is -10.7. The summed E-state index contributed by atoms with van der Waals surface area (Å²) in [5, 5.41) is 21.6. The standard InChI is InChI=1S/C18H15F5O4/c19-12-6-4-11(5-7-12)15(24)14(16(25)26)9-10-2-1-3-13(8-10)27-18(22,23)17(20)21/h1-8,14-15,17,24H,9H2,(H,25,26)/p-1. The van der Waals surface area contributed by atoms with Crippen LogP contribution < -0.4 is 9.84 Å². The zero-order valence-corrected chi connectivity index (χ0v) is 13.6. The van der Waals surface area contributed by atoms with Crippen LogP contribution in [0.4, 0.5) is 22.0 Å². The Morgan fingerprint density at radius 1 is 1.15 bits per heavy atom. The zero-order chi connectivity index (χ0) is 20.2. The van der Waals surface area contributed by atoms with Crippen molar-refractivity contribution in [1.29, 1.82) is 0 Å². The highest BCUT2D eigenvalue weighted by Gasteiger charge is 2.44. The second-order valence-electron chi connectivity index (χ2n) is 5.74. The summed E-state index contributed by atoms with van der Waals surface area (Å²) in [5.74, 6) is -4.30. The molecule has 0 amide bonds. The van der Waals surface area contributed by atoms with Crippen molar-refractivity contribution < 1.29 is 41.7 Å². The predicted octanol–water partition coefficient (Wildman–Crippen LogP) is 2.70. The Hall–Kier alpha value is -2.68. The van der Waals surface area contributed by atoms with Crippen LogP contribution in [-0.4, -0.2) is 23.6 Å². The quantitative estimate of drug-likeness (QED) is 0.705. The monoisotopic (exact) mass is 389 g/mol. The van der Waals surface area contributed by atoms with E-state index in [0.29, 0.717) is 0 Å². The van der Waals surface area contributed by atoms with Crippen LogP contribution in [0, 0.1) is 11.7 Å². The van der Waals surface area contributed by atoms with E-state index in [-0.39, 0.29) is 17.5 Å². The van der Waals surface area contributed by atoms with Crippen molar-refractivity contribution in [3.05, 3.63) is 65.5 Å². The van der Waals surface area contributed by atoms with Crippen molar-refractivity contribution in [2.24, 2.45) is 5.92 Å². The second kappa shape index (κ2) is 8.34. The van der Waals surface area contributed by atoms with Crippen LogP contribution in [-0.2, 0) is 11.2 Å². The number of ether oxygens (including phenoxy) is 1. The predicted molar refractivity (Wildman–Crippen MR) is 81.6 cm³/mol. The lowest BCUT2D eigenvalue weighted by molar-refractivity contribution is -0.314. The number of halogens is 5. The van der Waals surface area contributed by atoms with Gasteiger partial charge in [0.15, 0.2) is 0 Å². The zero-order valence-electron chi connectivity index (χ0n) is 13.6. The molecule has 2 rings (SSSR count). The number of hydrogen-bond acceptors (Lipinski definition) is 4. The fourth-order valence-corrected chi connectivity index (χ4v) is 2.41. The summed E-state index contributed by atoms with van der Waals surface area (Å²) in [6, 6.07) is 8.98. The Morgan fingerprint density at radius 3 is 2.33 bits per heavy atom. The molecule has 27 heavy (non-hydrogen) atoms. The molecule has 0 aliphatic heterocycles. The maximum absolute atomic E-state index is 13.0. The van der Waals surface area contributed by atoms with E-state index >= 15 is 0 Å². The van der Waals surface area contributed by atoms with E-state index in [4.69, 9.17) is 0 Å². The molecule has 0 aliphatic rings. The molecule has 0 saturated carbocycles. The summed E-state index contributed by atoms with van der Waals surface area (Å²) >= 11 is 0. The minimum Gasteiger partial charge on any atom is -0.550 e. The van der Waals surface area contributed by atoms with Crippen LogP contribution in [0.25, 0.3) is 0 Å². The van der Waals surface area contributed by atoms with Gasteiger partial charge in [0.1, 0.15) is 11.6 Å². The van der Waals surface area contributed by atoms with Gasteiger partial charge in [0.25, 0.3) is 0 Å². The number of aliphatic carboxylic acids is 1. The average Bonchev–Trinajstić information content (AvgIpc) is 2.59. The first-order valence-electron chi connectivity index (χ1n) is 7.68. The number of carboxylic acid groups (broad SMARTS) is 1. The molecule has 2 atom stereocenters. The summed E-state index contributed by atoms with van der Waals surface area (Å²) in [7, 11) is 0. The van der Waals surface area contributed by atoms with Crippen molar-refractivity contribution in [1.82, 2.24) is 0 Å². The number of rotatable bonds is 8. The minimum absolute atomic E-state index is 0.113. The Kier molecular flexibility index (Phi) is 6.37. The third-order valence-corrected chi connectivity index (χ3v) is 3.76. The first-order valence-corrected chi connectivity index (χ1v) is 7.68. The second-order valence-corrected chi connectivity index (χ2v) is 5.74. The lowest BCUT2D eigenvalue weighted by Gasteiger charge is -2.25. The number of benzene rings is 2. The highest BCUT2D eigenvalue weighted by atomic mass is 19.3. The molecular weight excluding hydrogens is 375 g/mol. The molecule has 1 N–H and O–H groups in total. The molecule has 0 saturated heterocycles. The molecule has 0 fully saturated rings. The van der Waals surface area contributed by atoms with Crippen molar-refractivity contribution in [2.75, 3.05) is 0 Å². The molecule has 2 aromatic rings. The fourth-order valence-electron chi connectivity index (χ4n) is 2.41. The van der Waals surface area contributed by atoms with Gasteiger partial charge in [-0.3, -0.25) is 0 Å². The third kappa shape index (κ3) is 5.40. The Morgan fingerprint density at radius 2 is 1.78 bits per heavy atom. The van der Waals surface area contributed by atoms with Gasteiger partial charge >= 0.3 is 12.5 Å². The largest absolute Gasteiger partial charge is 0.550 e. The number of aliphatic hydroxyl groups is 1. The van der Waals surface area contributed by atoms with E-state index in [2.05, 4.69) is 4.74 Å². The maximum Gasteiger partial charge on any atom is 0.461 e. The topological polar surface area (TPSA) is 69.6 Å². The number of carbonyl (C=O) groups excluding carboxylic acids is 1. The van der Waals surface area contributed by atoms with Crippen LogP contribution in [0.1, 0.15) is 17.2 Å². The van der Waals surface area contributed by atoms with E-state index in [1.54, 1.807) is 0 Å². The Labute approximate surface area is 150 Å². The van der Waals surface area contributed by atoms with Crippen LogP contribution >= 0.6 is 0 Å². The molecule has 4 nitrogen and oxygen atoms in total. The van der Waals surface area contributed by atoms with Crippen LogP contribution in [0.3, 0.4) is 0 Å². The van der Waals surface area contributed by atoms with Crippen molar-refractivity contribution in [2.45, 2.75) is 25.1 Å². The fraction of sp³-hybridized carbons (Fsp3) is 0.278. The molecule has 0 radical (unpaired) electrons.